The first kappa shape index (κ1) is 13.8. The van der Waals surface area contributed by atoms with Crippen LogP contribution < -0.4 is 5.32 Å². The zero-order valence-electron chi connectivity index (χ0n) is 12.4. The highest BCUT2D eigenvalue weighted by atomic mass is 16.4. The van der Waals surface area contributed by atoms with Gasteiger partial charge in [0.2, 0.25) is 5.89 Å². The van der Waals surface area contributed by atoms with E-state index in [2.05, 4.69) is 39.6 Å². The van der Waals surface area contributed by atoms with E-state index >= 15 is 0 Å². The van der Waals surface area contributed by atoms with E-state index in [1.807, 2.05) is 26.1 Å². The fourth-order valence-electron chi connectivity index (χ4n) is 2.40. The molecule has 3 aromatic rings. The Bertz CT molecular complexity index is 724. The third-order valence-electron chi connectivity index (χ3n) is 3.64. The number of rotatable bonds is 5. The fourth-order valence-corrected chi connectivity index (χ4v) is 2.40. The number of fused-ring (bicyclic) bond motifs is 1. The second-order valence-electron chi connectivity index (χ2n) is 5.17. The van der Waals surface area contributed by atoms with Crippen molar-refractivity contribution >= 4 is 10.9 Å². The van der Waals surface area contributed by atoms with Gasteiger partial charge in [0.05, 0.1) is 17.8 Å². The molecule has 0 radical (unpaired) electrons. The van der Waals surface area contributed by atoms with E-state index in [0.29, 0.717) is 6.54 Å². The molecule has 0 saturated carbocycles. The largest absolute Gasteiger partial charge is 0.444 e. The molecule has 0 fully saturated rings. The highest BCUT2D eigenvalue weighted by Crippen LogP contribution is 2.16. The van der Waals surface area contributed by atoms with Gasteiger partial charge in [-0.25, -0.2) is 4.98 Å². The third-order valence-corrected chi connectivity index (χ3v) is 3.64. The van der Waals surface area contributed by atoms with Crippen LogP contribution in [0.5, 0.6) is 0 Å². The van der Waals surface area contributed by atoms with Crippen molar-refractivity contribution in [2.24, 2.45) is 0 Å². The van der Waals surface area contributed by atoms with Gasteiger partial charge in [0.1, 0.15) is 5.76 Å². The lowest BCUT2D eigenvalue weighted by molar-refractivity contribution is 0.450. The van der Waals surface area contributed by atoms with Crippen molar-refractivity contribution in [1.82, 2.24) is 15.3 Å². The lowest BCUT2D eigenvalue weighted by Gasteiger charge is -2.06. The van der Waals surface area contributed by atoms with Crippen molar-refractivity contribution in [2.75, 3.05) is 6.54 Å². The topological polar surface area (TPSA) is 51.0 Å². The Morgan fingerprint density at radius 1 is 1.14 bits per heavy atom. The molecule has 0 unspecified atom stereocenters. The number of aryl methyl sites for hydroxylation is 2. The van der Waals surface area contributed by atoms with Gasteiger partial charge < -0.3 is 9.73 Å². The molecule has 4 heteroatoms. The number of hydrogen-bond acceptors (Lipinski definition) is 4. The van der Waals surface area contributed by atoms with E-state index in [1.54, 1.807) is 0 Å². The Hall–Kier alpha value is -2.20. The van der Waals surface area contributed by atoms with Gasteiger partial charge in [-0.15, -0.1) is 0 Å². The number of pyridine rings is 1. The first-order valence-corrected chi connectivity index (χ1v) is 7.20. The van der Waals surface area contributed by atoms with Crippen molar-refractivity contribution < 1.29 is 4.42 Å². The summed E-state index contributed by atoms with van der Waals surface area (Å²) in [5.74, 6) is 1.64. The van der Waals surface area contributed by atoms with E-state index in [9.17, 15) is 0 Å². The monoisotopic (exact) mass is 281 g/mol. The maximum absolute atomic E-state index is 5.55. The van der Waals surface area contributed by atoms with Crippen molar-refractivity contribution in [3.05, 3.63) is 59.4 Å². The van der Waals surface area contributed by atoms with E-state index < -0.39 is 0 Å². The molecule has 0 aliphatic rings. The summed E-state index contributed by atoms with van der Waals surface area (Å²) in [6, 6.07) is 10.4. The standard InChI is InChI=1S/C17H19N3O/c1-12-13(2)21-16(20-12)11-18-10-8-15-6-3-5-14-7-4-9-19-17(14)15/h3-7,9,18H,8,10-11H2,1-2H3. The third kappa shape index (κ3) is 3.11. The Labute approximate surface area is 124 Å². The van der Waals surface area contributed by atoms with Crippen molar-refractivity contribution in [3.63, 3.8) is 0 Å². The molecule has 0 amide bonds. The van der Waals surface area contributed by atoms with Gasteiger partial charge in [-0.2, -0.15) is 0 Å². The minimum absolute atomic E-state index is 0.660. The van der Waals surface area contributed by atoms with E-state index in [0.717, 1.165) is 35.8 Å². The maximum Gasteiger partial charge on any atom is 0.208 e. The van der Waals surface area contributed by atoms with Crippen molar-refractivity contribution in [1.29, 1.82) is 0 Å². The zero-order chi connectivity index (χ0) is 14.7. The van der Waals surface area contributed by atoms with Gasteiger partial charge in [0.15, 0.2) is 0 Å². The molecule has 2 aromatic heterocycles. The van der Waals surface area contributed by atoms with Gasteiger partial charge in [0.25, 0.3) is 0 Å². The molecule has 21 heavy (non-hydrogen) atoms. The van der Waals surface area contributed by atoms with Gasteiger partial charge >= 0.3 is 0 Å². The van der Waals surface area contributed by atoms with E-state index in [4.69, 9.17) is 4.42 Å². The van der Waals surface area contributed by atoms with Crippen LogP contribution >= 0.6 is 0 Å². The highest BCUT2D eigenvalue weighted by molar-refractivity contribution is 5.81. The molecular weight excluding hydrogens is 262 g/mol. The average Bonchev–Trinajstić information content (AvgIpc) is 2.82. The fraction of sp³-hybridized carbons (Fsp3) is 0.294. The normalized spacial score (nSPS) is 11.1. The highest BCUT2D eigenvalue weighted by Gasteiger charge is 2.05. The van der Waals surface area contributed by atoms with Gasteiger partial charge in [0, 0.05) is 11.6 Å². The molecule has 0 saturated heterocycles. The molecule has 108 valence electrons. The number of benzene rings is 1. The van der Waals surface area contributed by atoms with Crippen LogP contribution in [-0.2, 0) is 13.0 Å². The molecule has 0 bridgehead atoms. The molecule has 0 spiro atoms. The van der Waals surface area contributed by atoms with E-state index in [1.165, 1.54) is 10.9 Å². The summed E-state index contributed by atoms with van der Waals surface area (Å²) in [6.07, 6.45) is 2.78. The summed E-state index contributed by atoms with van der Waals surface area (Å²) < 4.78 is 5.55. The molecule has 3 rings (SSSR count). The lowest BCUT2D eigenvalue weighted by atomic mass is 10.1. The molecule has 4 nitrogen and oxygen atoms in total. The Morgan fingerprint density at radius 2 is 2.00 bits per heavy atom. The molecule has 1 aromatic carbocycles. The maximum atomic E-state index is 5.55. The average molecular weight is 281 g/mol. The predicted molar refractivity (Wildman–Crippen MR) is 83.1 cm³/mol. The molecule has 0 atom stereocenters. The number of hydrogen-bond donors (Lipinski definition) is 1. The van der Waals surface area contributed by atoms with Crippen LogP contribution in [0, 0.1) is 13.8 Å². The first-order valence-electron chi connectivity index (χ1n) is 7.20. The minimum atomic E-state index is 0.660. The number of aromatic nitrogens is 2. The first-order chi connectivity index (χ1) is 10.2. The number of para-hydroxylation sites is 1. The smallest absolute Gasteiger partial charge is 0.208 e. The summed E-state index contributed by atoms with van der Waals surface area (Å²) in [5, 5.41) is 4.56. The van der Waals surface area contributed by atoms with Crippen molar-refractivity contribution in [3.8, 4) is 0 Å². The quantitative estimate of drug-likeness (QED) is 0.730. The van der Waals surface area contributed by atoms with Gasteiger partial charge in [-0.05, 0) is 38.4 Å². The molecule has 0 aliphatic heterocycles. The van der Waals surface area contributed by atoms with Crippen LogP contribution in [0.15, 0.2) is 40.9 Å². The van der Waals surface area contributed by atoms with Crippen molar-refractivity contribution in [2.45, 2.75) is 26.8 Å². The van der Waals surface area contributed by atoms with Crippen LogP contribution in [0.3, 0.4) is 0 Å². The Kier molecular flexibility index (Phi) is 3.97. The van der Waals surface area contributed by atoms with Crippen LogP contribution in [0.4, 0.5) is 0 Å². The van der Waals surface area contributed by atoms with Crippen LogP contribution in [0.1, 0.15) is 22.9 Å². The summed E-state index contributed by atoms with van der Waals surface area (Å²) in [4.78, 5) is 8.84. The SMILES string of the molecule is Cc1nc(CNCCc2cccc3cccnc23)oc1C. The Morgan fingerprint density at radius 3 is 2.81 bits per heavy atom. The second-order valence-corrected chi connectivity index (χ2v) is 5.17. The summed E-state index contributed by atoms with van der Waals surface area (Å²) in [5.41, 5.74) is 3.31. The van der Waals surface area contributed by atoms with Crippen LogP contribution in [0.25, 0.3) is 10.9 Å². The molecular formula is C17H19N3O. The lowest BCUT2D eigenvalue weighted by Crippen LogP contribution is -2.17. The summed E-state index contributed by atoms with van der Waals surface area (Å²) in [6.45, 7) is 5.43. The molecule has 0 aliphatic carbocycles. The number of nitrogens with zero attached hydrogens (tertiary/aromatic N) is 2. The summed E-state index contributed by atoms with van der Waals surface area (Å²) in [7, 11) is 0. The molecule has 1 N–H and O–H groups in total. The van der Waals surface area contributed by atoms with Gasteiger partial charge in [-0.3, -0.25) is 4.98 Å². The Balaban J connectivity index is 1.59. The second kappa shape index (κ2) is 6.06. The molecule has 2 heterocycles. The zero-order valence-corrected chi connectivity index (χ0v) is 12.4. The van der Waals surface area contributed by atoms with Crippen LogP contribution in [0.2, 0.25) is 0 Å². The van der Waals surface area contributed by atoms with Gasteiger partial charge in [-0.1, -0.05) is 24.3 Å². The van der Waals surface area contributed by atoms with Crippen LogP contribution in [-0.4, -0.2) is 16.5 Å². The predicted octanol–water partition coefficient (Wildman–Crippen LogP) is 3.17. The summed E-state index contributed by atoms with van der Waals surface area (Å²) >= 11 is 0. The number of oxazole rings is 1. The minimum Gasteiger partial charge on any atom is -0.444 e. The number of nitrogens with one attached hydrogen (secondary N) is 1. The van der Waals surface area contributed by atoms with E-state index in [-0.39, 0.29) is 0 Å².